The zero-order valence-corrected chi connectivity index (χ0v) is 17.5. The first-order valence-corrected chi connectivity index (χ1v) is 9.84. The molecule has 0 N–H and O–H groups in total. The smallest absolute Gasteiger partial charge is 0.351 e. The van der Waals surface area contributed by atoms with E-state index in [1.54, 1.807) is 42.5 Å². The lowest BCUT2D eigenvalue weighted by molar-refractivity contribution is 0.0727. The van der Waals surface area contributed by atoms with Crippen LogP contribution in [-0.2, 0) is 0 Å². The molecule has 160 valence electrons. The number of fused-ring (bicyclic) bond motifs is 1. The number of Topliss-reactive ketones (excluding diaryl/α,β-unsaturated/α-hetero) is 1. The van der Waals surface area contributed by atoms with Gasteiger partial charge in [0.15, 0.2) is 5.76 Å². The Balaban J connectivity index is 1.53. The standard InChI is InChI=1S/C26H20O6/c1-29-20-11-7-12-21(30-2)24(20)26(28)31-18-14-15-19-23(16-18)32-22(25(19)27)13-6-10-17-8-4-3-5-9-17/h3-16H,1-2H3. The number of methoxy groups -OCH3 is 2. The van der Waals surface area contributed by atoms with Crippen LogP contribution in [0.2, 0.25) is 0 Å². The van der Waals surface area contributed by atoms with Gasteiger partial charge in [-0.25, -0.2) is 4.79 Å². The van der Waals surface area contributed by atoms with Crippen molar-refractivity contribution in [1.82, 2.24) is 0 Å². The summed E-state index contributed by atoms with van der Waals surface area (Å²) in [6, 6.07) is 19.3. The van der Waals surface area contributed by atoms with Crippen LogP contribution in [0.1, 0.15) is 26.3 Å². The lowest BCUT2D eigenvalue weighted by Crippen LogP contribution is -2.12. The monoisotopic (exact) mass is 428 g/mol. The van der Waals surface area contributed by atoms with Crippen LogP contribution in [0.5, 0.6) is 23.0 Å². The molecule has 0 bridgehead atoms. The maximum absolute atomic E-state index is 12.8. The molecule has 0 aliphatic carbocycles. The third-order valence-corrected chi connectivity index (χ3v) is 4.82. The summed E-state index contributed by atoms with van der Waals surface area (Å²) in [5.41, 5.74) is 1.58. The Kier molecular flexibility index (Phi) is 6.03. The third-order valence-electron chi connectivity index (χ3n) is 4.82. The summed E-state index contributed by atoms with van der Waals surface area (Å²) in [6.07, 6.45) is 5.24. The summed E-state index contributed by atoms with van der Waals surface area (Å²) in [7, 11) is 2.92. The lowest BCUT2D eigenvalue weighted by Gasteiger charge is -2.12. The molecule has 3 aromatic rings. The largest absolute Gasteiger partial charge is 0.496 e. The molecule has 0 radical (unpaired) electrons. The molecule has 32 heavy (non-hydrogen) atoms. The maximum atomic E-state index is 12.8. The van der Waals surface area contributed by atoms with E-state index in [4.69, 9.17) is 18.9 Å². The number of hydrogen-bond acceptors (Lipinski definition) is 6. The van der Waals surface area contributed by atoms with E-state index in [0.29, 0.717) is 22.8 Å². The van der Waals surface area contributed by atoms with E-state index >= 15 is 0 Å². The molecule has 6 heteroatoms. The molecule has 1 aliphatic heterocycles. The maximum Gasteiger partial charge on any atom is 0.351 e. The molecule has 0 aromatic heterocycles. The van der Waals surface area contributed by atoms with Gasteiger partial charge in [-0.1, -0.05) is 48.6 Å². The second-order valence-corrected chi connectivity index (χ2v) is 6.82. The fourth-order valence-electron chi connectivity index (χ4n) is 3.27. The lowest BCUT2D eigenvalue weighted by atomic mass is 10.1. The predicted octanol–water partition coefficient (Wildman–Crippen LogP) is 5.10. The van der Waals surface area contributed by atoms with Crippen molar-refractivity contribution in [2.24, 2.45) is 0 Å². The summed E-state index contributed by atoms with van der Waals surface area (Å²) >= 11 is 0. The topological polar surface area (TPSA) is 71.1 Å². The number of ether oxygens (including phenoxy) is 4. The molecule has 0 spiro atoms. The van der Waals surface area contributed by atoms with Crippen molar-refractivity contribution < 1.29 is 28.5 Å². The summed E-state index contributed by atoms with van der Waals surface area (Å²) in [5, 5.41) is 0. The van der Waals surface area contributed by atoms with Crippen molar-refractivity contribution in [3.05, 3.63) is 101 Å². The van der Waals surface area contributed by atoms with Gasteiger partial charge in [-0.15, -0.1) is 0 Å². The normalized spacial score (nSPS) is 13.7. The van der Waals surface area contributed by atoms with Crippen LogP contribution in [0.25, 0.3) is 6.08 Å². The van der Waals surface area contributed by atoms with Crippen molar-refractivity contribution in [3.63, 3.8) is 0 Å². The average molecular weight is 428 g/mol. The SMILES string of the molecule is COc1cccc(OC)c1C(=O)Oc1ccc2c(c1)OC(=CC=Cc1ccccc1)C2=O. The summed E-state index contributed by atoms with van der Waals surface area (Å²) in [6.45, 7) is 0. The minimum absolute atomic E-state index is 0.168. The Bertz CT molecular complexity index is 1200. The molecule has 4 rings (SSSR count). The van der Waals surface area contributed by atoms with Gasteiger partial charge in [0.05, 0.1) is 19.8 Å². The second-order valence-electron chi connectivity index (χ2n) is 6.82. The van der Waals surface area contributed by atoms with Gasteiger partial charge >= 0.3 is 5.97 Å². The quantitative estimate of drug-likeness (QED) is 0.309. The van der Waals surface area contributed by atoms with Gasteiger partial charge in [-0.3, -0.25) is 4.79 Å². The Morgan fingerprint density at radius 2 is 1.62 bits per heavy atom. The molecule has 3 aromatic carbocycles. The highest BCUT2D eigenvalue weighted by Gasteiger charge is 2.28. The van der Waals surface area contributed by atoms with Gasteiger partial charge in [0.1, 0.15) is 28.6 Å². The van der Waals surface area contributed by atoms with Crippen LogP contribution in [0.4, 0.5) is 0 Å². The third kappa shape index (κ3) is 4.25. The first-order chi connectivity index (χ1) is 15.6. The van der Waals surface area contributed by atoms with Crippen LogP contribution in [-0.4, -0.2) is 26.0 Å². The van der Waals surface area contributed by atoms with Gasteiger partial charge in [0.2, 0.25) is 5.78 Å². The fraction of sp³-hybridized carbons (Fsp3) is 0.0769. The van der Waals surface area contributed by atoms with E-state index in [1.165, 1.54) is 20.3 Å². The highest BCUT2D eigenvalue weighted by Crippen LogP contribution is 2.35. The second kappa shape index (κ2) is 9.22. The molecule has 1 aliphatic rings. The number of benzene rings is 3. The van der Waals surface area contributed by atoms with Crippen molar-refractivity contribution in [2.75, 3.05) is 14.2 Å². The van der Waals surface area contributed by atoms with E-state index in [2.05, 4.69) is 0 Å². The Morgan fingerprint density at radius 1 is 0.906 bits per heavy atom. The Labute approximate surface area is 185 Å². The predicted molar refractivity (Wildman–Crippen MR) is 119 cm³/mol. The first-order valence-electron chi connectivity index (χ1n) is 9.84. The molecular formula is C26H20O6. The van der Waals surface area contributed by atoms with Crippen LogP contribution in [0, 0.1) is 0 Å². The Morgan fingerprint density at radius 3 is 2.31 bits per heavy atom. The number of carbonyl (C=O) groups excluding carboxylic acids is 2. The molecule has 0 atom stereocenters. The van der Waals surface area contributed by atoms with Crippen molar-refractivity contribution in [2.45, 2.75) is 0 Å². The average Bonchev–Trinajstić information content (AvgIpc) is 3.13. The summed E-state index contributed by atoms with van der Waals surface area (Å²) < 4.78 is 21.7. The van der Waals surface area contributed by atoms with Gasteiger partial charge in [0.25, 0.3) is 0 Å². The van der Waals surface area contributed by atoms with Crippen molar-refractivity contribution in [1.29, 1.82) is 0 Å². The van der Waals surface area contributed by atoms with Crippen LogP contribution in [0.3, 0.4) is 0 Å². The molecule has 0 unspecified atom stereocenters. The van der Waals surface area contributed by atoms with E-state index in [-0.39, 0.29) is 22.9 Å². The zero-order valence-electron chi connectivity index (χ0n) is 17.5. The summed E-state index contributed by atoms with van der Waals surface area (Å²) in [4.78, 5) is 25.4. The number of hydrogen-bond donors (Lipinski definition) is 0. The first kappa shape index (κ1) is 20.9. The number of allylic oxidation sites excluding steroid dienone is 3. The number of carbonyl (C=O) groups is 2. The minimum atomic E-state index is -0.648. The van der Waals surface area contributed by atoms with E-state index in [9.17, 15) is 9.59 Å². The number of rotatable bonds is 6. The molecule has 0 saturated heterocycles. The van der Waals surface area contributed by atoms with Crippen molar-refractivity contribution in [3.8, 4) is 23.0 Å². The van der Waals surface area contributed by atoms with E-state index < -0.39 is 5.97 Å². The van der Waals surface area contributed by atoms with Gasteiger partial charge in [0, 0.05) is 6.07 Å². The molecule has 0 fully saturated rings. The van der Waals surface area contributed by atoms with Crippen molar-refractivity contribution >= 4 is 17.8 Å². The highest BCUT2D eigenvalue weighted by atomic mass is 16.5. The fourth-order valence-corrected chi connectivity index (χ4v) is 3.27. The molecule has 0 saturated carbocycles. The number of ketones is 1. The van der Waals surface area contributed by atoms with Crippen LogP contribution < -0.4 is 18.9 Å². The number of esters is 1. The van der Waals surface area contributed by atoms with E-state index in [0.717, 1.165) is 5.56 Å². The highest BCUT2D eigenvalue weighted by molar-refractivity contribution is 6.12. The molecule has 1 heterocycles. The minimum Gasteiger partial charge on any atom is -0.496 e. The van der Waals surface area contributed by atoms with E-state index in [1.807, 2.05) is 36.4 Å². The van der Waals surface area contributed by atoms with Gasteiger partial charge in [-0.2, -0.15) is 0 Å². The van der Waals surface area contributed by atoms with Crippen LogP contribution >= 0.6 is 0 Å². The van der Waals surface area contributed by atoms with Crippen LogP contribution in [0.15, 0.2) is 84.6 Å². The molecular weight excluding hydrogens is 408 g/mol. The Hall–Kier alpha value is -4.32. The van der Waals surface area contributed by atoms with Gasteiger partial charge < -0.3 is 18.9 Å². The summed E-state index contributed by atoms with van der Waals surface area (Å²) in [5.74, 6) is 0.533. The molecule has 0 amide bonds. The zero-order chi connectivity index (χ0) is 22.5. The molecule has 6 nitrogen and oxygen atoms in total. The van der Waals surface area contributed by atoms with Gasteiger partial charge in [-0.05, 0) is 35.9 Å².